The van der Waals surface area contributed by atoms with E-state index in [1.54, 1.807) is 17.8 Å². The number of aliphatic hydroxyl groups is 1. The number of fused-ring (bicyclic) bond motifs is 3. The van der Waals surface area contributed by atoms with Crippen LogP contribution < -0.4 is 14.4 Å². The first kappa shape index (κ1) is 24.8. The molecule has 7 heterocycles. The van der Waals surface area contributed by atoms with Crippen LogP contribution in [0.25, 0.3) is 16.6 Å². The molecule has 4 aromatic rings. The highest BCUT2D eigenvalue weighted by Gasteiger charge is 2.44. The van der Waals surface area contributed by atoms with Gasteiger partial charge in [0.1, 0.15) is 17.6 Å². The average molecular weight is 538 g/mol. The van der Waals surface area contributed by atoms with E-state index < -0.39 is 0 Å². The Bertz CT molecular complexity index is 1550. The zero-order valence-corrected chi connectivity index (χ0v) is 22.3. The summed E-state index contributed by atoms with van der Waals surface area (Å²) in [5.74, 6) is 2.65. The van der Waals surface area contributed by atoms with Crippen molar-refractivity contribution in [1.29, 1.82) is 5.26 Å². The molecule has 204 valence electrons. The van der Waals surface area contributed by atoms with Gasteiger partial charge in [-0.3, -0.25) is 4.90 Å². The van der Waals surface area contributed by atoms with Crippen molar-refractivity contribution in [2.45, 2.75) is 44.0 Å². The molecule has 0 spiro atoms. The minimum atomic E-state index is -0.208. The number of piperazine rings is 1. The molecule has 10 nitrogen and oxygen atoms in total. The van der Waals surface area contributed by atoms with Crippen LogP contribution in [0.4, 0.5) is 5.82 Å². The number of piperidine rings is 1. The second-order valence-corrected chi connectivity index (χ2v) is 11.1. The van der Waals surface area contributed by atoms with Gasteiger partial charge in [-0.1, -0.05) is 6.07 Å². The Balaban J connectivity index is 1.07. The Morgan fingerprint density at radius 2 is 1.90 bits per heavy atom. The SMILES string of the molecule is COc1ccc(CN2C3CC2CN(c2ccc(-c4cc(OCC5CC(O)C5)cn5ncc(C#N)c45)cn2)C3)cn1. The molecule has 4 aromatic heterocycles. The van der Waals surface area contributed by atoms with Gasteiger partial charge in [-0.15, -0.1) is 0 Å². The number of nitrogens with zero attached hydrogens (tertiary/aromatic N) is 7. The summed E-state index contributed by atoms with van der Waals surface area (Å²) in [5.41, 5.74) is 4.22. The van der Waals surface area contributed by atoms with Crippen molar-refractivity contribution in [3.8, 4) is 28.8 Å². The van der Waals surface area contributed by atoms with Crippen LogP contribution in [-0.4, -0.2) is 74.6 Å². The van der Waals surface area contributed by atoms with Crippen molar-refractivity contribution in [3.63, 3.8) is 0 Å². The molecular formula is C30H31N7O3. The topological polar surface area (TPSA) is 112 Å². The molecule has 3 aliphatic heterocycles. The number of aromatic nitrogens is 4. The largest absolute Gasteiger partial charge is 0.492 e. The Kier molecular flexibility index (Phi) is 6.25. The van der Waals surface area contributed by atoms with Crippen molar-refractivity contribution in [2.24, 2.45) is 5.92 Å². The van der Waals surface area contributed by atoms with E-state index in [-0.39, 0.29) is 6.10 Å². The number of pyridine rings is 3. The fraction of sp³-hybridized carbons (Fsp3) is 0.400. The summed E-state index contributed by atoms with van der Waals surface area (Å²) >= 11 is 0. The predicted octanol–water partition coefficient (Wildman–Crippen LogP) is 3.28. The van der Waals surface area contributed by atoms with Crippen LogP contribution in [0.1, 0.15) is 30.4 Å². The monoisotopic (exact) mass is 537 g/mol. The molecule has 1 N–H and O–H groups in total. The van der Waals surface area contributed by atoms with E-state index in [1.165, 1.54) is 12.0 Å². The third-order valence-electron chi connectivity index (χ3n) is 8.50. The van der Waals surface area contributed by atoms with Gasteiger partial charge in [0.2, 0.25) is 5.88 Å². The van der Waals surface area contributed by atoms with Crippen LogP contribution in [0, 0.1) is 17.2 Å². The molecule has 0 radical (unpaired) electrons. The molecule has 0 amide bonds. The van der Waals surface area contributed by atoms with E-state index >= 15 is 0 Å². The minimum Gasteiger partial charge on any atom is -0.492 e. The van der Waals surface area contributed by atoms with E-state index in [0.717, 1.165) is 54.9 Å². The number of hydrogen-bond acceptors (Lipinski definition) is 9. The summed E-state index contributed by atoms with van der Waals surface area (Å²) in [4.78, 5) is 14.1. The predicted molar refractivity (Wildman–Crippen MR) is 148 cm³/mol. The Labute approximate surface area is 232 Å². The maximum absolute atomic E-state index is 9.69. The highest BCUT2D eigenvalue weighted by atomic mass is 16.5. The van der Waals surface area contributed by atoms with E-state index in [9.17, 15) is 10.4 Å². The molecule has 3 saturated heterocycles. The Hall–Kier alpha value is -4.20. The lowest BCUT2D eigenvalue weighted by Crippen LogP contribution is -2.68. The maximum Gasteiger partial charge on any atom is 0.212 e. The normalized spacial score (nSPS) is 23.8. The first-order chi connectivity index (χ1) is 19.6. The third-order valence-corrected chi connectivity index (χ3v) is 8.50. The summed E-state index contributed by atoms with van der Waals surface area (Å²) in [6.07, 6.45) is 9.72. The average Bonchev–Trinajstić information content (AvgIpc) is 3.40. The minimum absolute atomic E-state index is 0.208. The second-order valence-electron chi connectivity index (χ2n) is 11.1. The van der Waals surface area contributed by atoms with Gasteiger partial charge < -0.3 is 19.5 Å². The maximum atomic E-state index is 9.69. The molecule has 2 atom stereocenters. The first-order valence-electron chi connectivity index (χ1n) is 13.8. The van der Waals surface area contributed by atoms with Gasteiger partial charge in [-0.2, -0.15) is 10.4 Å². The molecule has 10 heteroatoms. The van der Waals surface area contributed by atoms with Gasteiger partial charge >= 0.3 is 0 Å². The molecule has 8 rings (SSSR count). The fourth-order valence-electron chi connectivity index (χ4n) is 6.23. The third kappa shape index (κ3) is 4.51. The van der Waals surface area contributed by atoms with Crippen molar-refractivity contribution >= 4 is 11.3 Å². The van der Waals surface area contributed by atoms with Crippen LogP contribution >= 0.6 is 0 Å². The summed E-state index contributed by atoms with van der Waals surface area (Å²) in [6.45, 7) is 3.33. The molecule has 4 fully saturated rings. The Morgan fingerprint density at radius 1 is 1.05 bits per heavy atom. The summed E-state index contributed by atoms with van der Waals surface area (Å²) in [7, 11) is 1.63. The van der Waals surface area contributed by atoms with E-state index in [4.69, 9.17) is 14.5 Å². The zero-order valence-electron chi connectivity index (χ0n) is 22.3. The molecule has 1 saturated carbocycles. The van der Waals surface area contributed by atoms with Gasteiger partial charge in [-0.05, 0) is 48.9 Å². The summed E-state index contributed by atoms with van der Waals surface area (Å²) in [5, 5.41) is 23.7. The van der Waals surface area contributed by atoms with Gasteiger partial charge in [-0.25, -0.2) is 14.5 Å². The van der Waals surface area contributed by atoms with Crippen LogP contribution in [-0.2, 0) is 6.54 Å². The number of hydrogen-bond donors (Lipinski definition) is 1. The smallest absolute Gasteiger partial charge is 0.212 e. The number of anilines is 1. The van der Waals surface area contributed by atoms with Gasteiger partial charge in [0, 0.05) is 61.3 Å². The molecule has 4 aliphatic rings. The molecule has 40 heavy (non-hydrogen) atoms. The highest BCUT2D eigenvalue weighted by molar-refractivity contribution is 5.85. The van der Waals surface area contributed by atoms with Crippen LogP contribution in [0.3, 0.4) is 0 Å². The molecule has 2 bridgehead atoms. The summed E-state index contributed by atoms with van der Waals surface area (Å²) in [6, 6.07) is 13.4. The van der Waals surface area contributed by atoms with Crippen LogP contribution in [0.15, 0.2) is 55.1 Å². The molecule has 2 unspecified atom stereocenters. The van der Waals surface area contributed by atoms with Crippen molar-refractivity contribution in [1.82, 2.24) is 24.5 Å². The van der Waals surface area contributed by atoms with Crippen molar-refractivity contribution in [2.75, 3.05) is 31.7 Å². The van der Waals surface area contributed by atoms with Gasteiger partial charge in [0.15, 0.2) is 0 Å². The highest BCUT2D eigenvalue weighted by Crippen LogP contribution is 2.37. The molecule has 1 aliphatic carbocycles. The lowest BCUT2D eigenvalue weighted by Gasteiger charge is -2.56. The second kappa shape index (κ2) is 10.1. The number of nitriles is 1. The lowest BCUT2D eigenvalue weighted by atomic mass is 9.83. The lowest BCUT2D eigenvalue weighted by molar-refractivity contribution is -0.00876. The fourth-order valence-corrected chi connectivity index (χ4v) is 6.23. The van der Waals surface area contributed by atoms with Crippen LogP contribution in [0.5, 0.6) is 11.6 Å². The van der Waals surface area contributed by atoms with Gasteiger partial charge in [0.25, 0.3) is 0 Å². The number of ether oxygens (including phenoxy) is 2. The van der Waals surface area contributed by atoms with Crippen LogP contribution in [0.2, 0.25) is 0 Å². The standard InChI is InChI=1S/C30H31N7O3/c1-39-29-5-2-19(11-33-29)14-36-23-8-24(36)16-35(15-23)28-4-3-21(12-32-28)27-9-26(40-18-20-6-25(38)7-20)17-37-30(27)22(10-31)13-34-37/h2-5,9,11-13,17,20,23-25,38H,6-8,14-16,18H2,1H3. The first-order valence-corrected chi connectivity index (χ1v) is 13.8. The zero-order chi connectivity index (χ0) is 27.2. The van der Waals surface area contributed by atoms with Gasteiger partial charge in [0.05, 0.1) is 43.3 Å². The van der Waals surface area contributed by atoms with Crippen molar-refractivity contribution in [3.05, 3.63) is 66.2 Å². The van der Waals surface area contributed by atoms with E-state index in [1.807, 2.05) is 30.7 Å². The van der Waals surface area contributed by atoms with Crippen molar-refractivity contribution < 1.29 is 14.6 Å². The van der Waals surface area contributed by atoms with E-state index in [2.05, 4.69) is 44.2 Å². The quantitative estimate of drug-likeness (QED) is 0.362. The molecule has 0 aromatic carbocycles. The number of rotatable bonds is 8. The molecular weight excluding hydrogens is 506 g/mol. The number of aliphatic hydroxyl groups excluding tert-OH is 1. The summed E-state index contributed by atoms with van der Waals surface area (Å²) < 4.78 is 13.0. The number of methoxy groups -OCH3 is 1. The van der Waals surface area contributed by atoms with E-state index in [0.29, 0.717) is 41.8 Å². The Morgan fingerprint density at radius 3 is 2.58 bits per heavy atom.